The van der Waals surface area contributed by atoms with Crippen molar-refractivity contribution >= 4 is 5.91 Å². The van der Waals surface area contributed by atoms with E-state index in [0.29, 0.717) is 12.1 Å². The number of benzene rings is 2. The molecule has 3 rings (SSSR count). The molecule has 5 nitrogen and oxygen atoms in total. The summed E-state index contributed by atoms with van der Waals surface area (Å²) in [6, 6.07) is 15.7. The van der Waals surface area contributed by atoms with Crippen molar-refractivity contribution in [2.24, 2.45) is 0 Å². The van der Waals surface area contributed by atoms with Crippen molar-refractivity contribution in [2.75, 3.05) is 26.3 Å². The molecule has 5 heteroatoms. The second-order valence-corrected chi connectivity index (χ2v) is 7.08. The summed E-state index contributed by atoms with van der Waals surface area (Å²) in [7, 11) is 0. The van der Waals surface area contributed by atoms with Crippen molar-refractivity contribution in [1.82, 2.24) is 10.2 Å². The fraction of sp³-hybridized carbons (Fsp3) is 0.409. The molecule has 144 valence electrons. The van der Waals surface area contributed by atoms with Crippen LogP contribution >= 0.6 is 0 Å². The predicted molar refractivity (Wildman–Crippen MR) is 106 cm³/mol. The molecule has 0 unspecified atom stereocenters. The summed E-state index contributed by atoms with van der Waals surface area (Å²) in [5.74, 6) is 0.757. The van der Waals surface area contributed by atoms with Gasteiger partial charge in [-0.25, -0.2) is 0 Å². The van der Waals surface area contributed by atoms with Gasteiger partial charge in [-0.2, -0.15) is 0 Å². The van der Waals surface area contributed by atoms with Gasteiger partial charge in [0.05, 0.1) is 19.3 Å². The summed E-state index contributed by atoms with van der Waals surface area (Å²) in [4.78, 5) is 14.8. The van der Waals surface area contributed by atoms with E-state index in [4.69, 9.17) is 9.47 Å². The first-order valence-electron chi connectivity index (χ1n) is 9.53. The number of hydrogen-bond donors (Lipinski definition) is 1. The van der Waals surface area contributed by atoms with Gasteiger partial charge in [0, 0.05) is 31.7 Å². The van der Waals surface area contributed by atoms with Gasteiger partial charge in [0.1, 0.15) is 5.75 Å². The highest BCUT2D eigenvalue weighted by Gasteiger charge is 2.11. The van der Waals surface area contributed by atoms with Crippen molar-refractivity contribution in [1.29, 1.82) is 0 Å². The Morgan fingerprint density at radius 2 is 1.85 bits per heavy atom. The van der Waals surface area contributed by atoms with Crippen molar-refractivity contribution in [3.05, 3.63) is 65.2 Å². The van der Waals surface area contributed by atoms with E-state index in [9.17, 15) is 4.79 Å². The number of amides is 1. The molecule has 1 fully saturated rings. The minimum absolute atomic E-state index is 0.0666. The Kier molecular flexibility index (Phi) is 6.85. The van der Waals surface area contributed by atoms with Gasteiger partial charge in [-0.1, -0.05) is 24.3 Å². The lowest BCUT2D eigenvalue weighted by Crippen LogP contribution is -2.35. The number of nitrogens with one attached hydrogen (secondary N) is 1. The van der Waals surface area contributed by atoms with E-state index < -0.39 is 0 Å². The van der Waals surface area contributed by atoms with E-state index in [1.54, 1.807) is 0 Å². The molecule has 1 aliphatic rings. The number of carbonyl (C=O) groups excluding carboxylic acids is 1. The minimum Gasteiger partial charge on any atom is -0.491 e. The van der Waals surface area contributed by atoms with Crippen LogP contribution in [0.15, 0.2) is 48.5 Å². The van der Waals surface area contributed by atoms with Crippen LogP contribution in [0.2, 0.25) is 0 Å². The summed E-state index contributed by atoms with van der Waals surface area (Å²) in [6.45, 7) is 8.88. The first-order chi connectivity index (χ1) is 13.1. The summed E-state index contributed by atoms with van der Waals surface area (Å²) in [6.07, 6.45) is 0.130. The number of nitrogens with zero attached hydrogens (tertiary/aromatic N) is 1. The molecule has 27 heavy (non-hydrogen) atoms. The number of rotatable bonds is 7. The van der Waals surface area contributed by atoms with Crippen LogP contribution in [0.3, 0.4) is 0 Å². The van der Waals surface area contributed by atoms with Gasteiger partial charge in [-0.3, -0.25) is 9.69 Å². The SMILES string of the molecule is CC(C)Oc1cccc(CNC(=O)c2ccc(CN3CCOCC3)cc2)c1. The molecule has 0 spiro atoms. The van der Waals surface area contributed by atoms with Gasteiger partial charge >= 0.3 is 0 Å². The molecule has 0 saturated carbocycles. The van der Waals surface area contributed by atoms with Crippen molar-refractivity contribution in [2.45, 2.75) is 33.0 Å². The highest BCUT2D eigenvalue weighted by molar-refractivity contribution is 5.94. The molecular weight excluding hydrogens is 340 g/mol. The molecule has 1 N–H and O–H groups in total. The molecule has 1 heterocycles. The lowest BCUT2D eigenvalue weighted by Gasteiger charge is -2.26. The Morgan fingerprint density at radius 1 is 1.11 bits per heavy atom. The Morgan fingerprint density at radius 3 is 2.56 bits per heavy atom. The fourth-order valence-electron chi connectivity index (χ4n) is 3.06. The zero-order valence-electron chi connectivity index (χ0n) is 16.1. The van der Waals surface area contributed by atoms with Crippen LogP contribution in [0.1, 0.15) is 35.3 Å². The van der Waals surface area contributed by atoms with Gasteiger partial charge in [-0.05, 0) is 49.2 Å². The molecule has 0 atom stereocenters. The molecule has 2 aromatic carbocycles. The van der Waals surface area contributed by atoms with E-state index in [2.05, 4.69) is 10.2 Å². The van der Waals surface area contributed by atoms with Crippen LogP contribution in [0.4, 0.5) is 0 Å². The fourth-order valence-corrected chi connectivity index (χ4v) is 3.06. The lowest BCUT2D eigenvalue weighted by atomic mass is 10.1. The van der Waals surface area contributed by atoms with E-state index in [1.807, 2.05) is 62.4 Å². The molecule has 0 bridgehead atoms. The van der Waals surface area contributed by atoms with Gasteiger partial charge in [0.15, 0.2) is 0 Å². The van der Waals surface area contributed by atoms with Gasteiger partial charge in [0.25, 0.3) is 5.91 Å². The summed E-state index contributed by atoms with van der Waals surface area (Å²) in [5.41, 5.74) is 2.91. The maximum atomic E-state index is 12.4. The highest BCUT2D eigenvalue weighted by Crippen LogP contribution is 2.15. The Bertz CT molecular complexity index is 737. The van der Waals surface area contributed by atoms with Crippen LogP contribution < -0.4 is 10.1 Å². The first kappa shape index (κ1) is 19.4. The topological polar surface area (TPSA) is 50.8 Å². The molecular formula is C22H28N2O3. The van der Waals surface area contributed by atoms with E-state index in [1.165, 1.54) is 5.56 Å². The zero-order chi connectivity index (χ0) is 19.1. The van der Waals surface area contributed by atoms with Gasteiger partial charge in [-0.15, -0.1) is 0 Å². The van der Waals surface area contributed by atoms with E-state index >= 15 is 0 Å². The third-order valence-corrected chi connectivity index (χ3v) is 4.45. The molecule has 0 aromatic heterocycles. The van der Waals surface area contributed by atoms with Crippen LogP contribution in [0, 0.1) is 0 Å². The third kappa shape index (κ3) is 6.08. The molecule has 0 aliphatic carbocycles. The lowest BCUT2D eigenvalue weighted by molar-refractivity contribution is 0.0342. The van der Waals surface area contributed by atoms with Crippen molar-refractivity contribution in [3.63, 3.8) is 0 Å². The normalized spacial score (nSPS) is 14.9. The van der Waals surface area contributed by atoms with E-state index in [0.717, 1.165) is 44.2 Å². The van der Waals surface area contributed by atoms with Crippen LogP contribution in [-0.2, 0) is 17.8 Å². The number of ether oxygens (including phenoxy) is 2. The maximum absolute atomic E-state index is 12.4. The average molecular weight is 368 g/mol. The Hall–Kier alpha value is -2.37. The zero-order valence-corrected chi connectivity index (χ0v) is 16.1. The molecule has 0 radical (unpaired) electrons. The monoisotopic (exact) mass is 368 g/mol. The summed E-state index contributed by atoms with van der Waals surface area (Å²) in [5, 5.41) is 2.98. The maximum Gasteiger partial charge on any atom is 0.251 e. The predicted octanol–water partition coefficient (Wildman–Crippen LogP) is 3.24. The molecule has 1 aliphatic heterocycles. The average Bonchev–Trinajstić information content (AvgIpc) is 2.67. The van der Waals surface area contributed by atoms with Crippen LogP contribution in [0.25, 0.3) is 0 Å². The minimum atomic E-state index is -0.0666. The number of hydrogen-bond acceptors (Lipinski definition) is 4. The first-order valence-corrected chi connectivity index (χ1v) is 9.53. The van der Waals surface area contributed by atoms with Crippen molar-refractivity contribution < 1.29 is 14.3 Å². The Labute approximate surface area is 161 Å². The van der Waals surface area contributed by atoms with Gasteiger partial charge in [0.2, 0.25) is 0 Å². The molecule has 1 amide bonds. The van der Waals surface area contributed by atoms with Crippen LogP contribution in [0.5, 0.6) is 5.75 Å². The highest BCUT2D eigenvalue weighted by atomic mass is 16.5. The quantitative estimate of drug-likeness (QED) is 0.815. The Balaban J connectivity index is 1.52. The standard InChI is InChI=1S/C22H28N2O3/c1-17(2)27-21-5-3-4-19(14-21)15-23-22(25)20-8-6-18(7-9-20)16-24-10-12-26-13-11-24/h3-9,14,17H,10-13,15-16H2,1-2H3,(H,23,25). The number of carbonyl (C=O) groups is 1. The molecule has 2 aromatic rings. The summed E-state index contributed by atoms with van der Waals surface area (Å²) >= 11 is 0. The third-order valence-electron chi connectivity index (χ3n) is 4.45. The van der Waals surface area contributed by atoms with Gasteiger partial charge < -0.3 is 14.8 Å². The smallest absolute Gasteiger partial charge is 0.251 e. The second kappa shape index (κ2) is 9.53. The largest absolute Gasteiger partial charge is 0.491 e. The second-order valence-electron chi connectivity index (χ2n) is 7.08. The van der Waals surface area contributed by atoms with Crippen LogP contribution in [-0.4, -0.2) is 43.2 Å². The van der Waals surface area contributed by atoms with Crippen molar-refractivity contribution in [3.8, 4) is 5.75 Å². The molecule has 1 saturated heterocycles. The number of morpholine rings is 1. The van der Waals surface area contributed by atoms with E-state index in [-0.39, 0.29) is 12.0 Å². The summed E-state index contributed by atoms with van der Waals surface area (Å²) < 4.78 is 11.1.